The van der Waals surface area contributed by atoms with E-state index in [1.54, 1.807) is 0 Å². The lowest BCUT2D eigenvalue weighted by Crippen LogP contribution is -2.22. The van der Waals surface area contributed by atoms with Crippen LogP contribution >= 0.6 is 0 Å². The molecule has 8 aromatic rings. The van der Waals surface area contributed by atoms with Gasteiger partial charge >= 0.3 is 0 Å². The highest BCUT2D eigenvalue weighted by Gasteiger charge is 2.15. The zero-order valence-corrected chi connectivity index (χ0v) is 41.8. The van der Waals surface area contributed by atoms with Crippen molar-refractivity contribution in [2.24, 2.45) is 11.5 Å². The number of rotatable bonds is 16. The van der Waals surface area contributed by atoms with Crippen LogP contribution in [0.15, 0.2) is 159 Å². The fourth-order valence-electron chi connectivity index (χ4n) is 7.28. The molecule has 12 heteroatoms. The molecule has 0 radical (unpaired) electrons. The van der Waals surface area contributed by atoms with E-state index in [2.05, 4.69) is 126 Å². The third-order valence-electron chi connectivity index (χ3n) is 11.0. The van der Waals surface area contributed by atoms with Crippen LogP contribution in [-0.2, 0) is 21.1 Å². The zero-order valence-electron chi connectivity index (χ0n) is 40.8. The summed E-state index contributed by atoms with van der Waals surface area (Å²) in [4.78, 5) is 22.8. The lowest BCUT2D eigenvalue weighted by molar-refractivity contribution is -0.115. The van der Waals surface area contributed by atoms with Gasteiger partial charge < -0.3 is 26.8 Å². The minimum atomic E-state index is -1.17. The van der Waals surface area contributed by atoms with Crippen LogP contribution in [0.4, 0.5) is 11.4 Å². The summed E-state index contributed by atoms with van der Waals surface area (Å²) in [5.41, 5.74) is 23.0. The van der Waals surface area contributed by atoms with Crippen molar-refractivity contribution in [1.29, 1.82) is 0 Å². The Labute approximate surface area is 412 Å². The quantitative estimate of drug-likeness (QED) is 0.0475. The number of fused-ring (bicyclic) bond motifs is 2. The molecule has 0 unspecified atom stereocenters. The van der Waals surface area contributed by atoms with E-state index in [1.807, 2.05) is 102 Å². The fourth-order valence-corrected chi connectivity index (χ4v) is 8.04. The first-order valence-electron chi connectivity index (χ1n) is 23.3. The molecule has 0 bridgehead atoms. The Bertz CT molecular complexity index is 3110. The number of nitrogens with one attached hydrogen (secondary N) is 3. The summed E-state index contributed by atoms with van der Waals surface area (Å²) in [6, 6.07) is 49.4. The molecule has 0 aliphatic heterocycles. The molecule has 0 aliphatic rings. The molecule has 0 spiro atoms. The predicted molar refractivity (Wildman–Crippen MR) is 297 cm³/mol. The summed E-state index contributed by atoms with van der Waals surface area (Å²) in [7, 11) is -1.17. The monoisotopic (exact) mass is 948 g/mol. The number of amides is 2. The van der Waals surface area contributed by atoms with E-state index in [-0.39, 0.29) is 11.8 Å². The van der Waals surface area contributed by atoms with E-state index in [0.29, 0.717) is 19.8 Å². The number of benzene rings is 6. The summed E-state index contributed by atoms with van der Waals surface area (Å²) < 4.78 is 8.01. The second kappa shape index (κ2) is 25.0. The highest BCUT2D eigenvalue weighted by molar-refractivity contribution is 6.76. The van der Waals surface area contributed by atoms with E-state index < -0.39 is 8.07 Å². The zero-order chi connectivity index (χ0) is 50.0. The van der Waals surface area contributed by atoms with Gasteiger partial charge in [-0.15, -0.1) is 0 Å². The number of aromatic nitrogens is 4. The van der Waals surface area contributed by atoms with Gasteiger partial charge in [0.1, 0.15) is 6.73 Å². The van der Waals surface area contributed by atoms with Gasteiger partial charge in [0.05, 0.1) is 22.4 Å². The van der Waals surface area contributed by atoms with Gasteiger partial charge in [0, 0.05) is 63.8 Å². The normalized spacial score (nSPS) is 11.2. The van der Waals surface area contributed by atoms with Gasteiger partial charge in [0.15, 0.2) is 0 Å². The molecular weight excluding hydrogens is 885 g/mol. The Hall–Kier alpha value is -7.74. The minimum Gasteiger partial charge on any atom is -0.360 e. The molecule has 0 aliphatic carbocycles. The van der Waals surface area contributed by atoms with Gasteiger partial charge in [0.25, 0.3) is 0 Å². The van der Waals surface area contributed by atoms with Gasteiger partial charge in [-0.1, -0.05) is 142 Å². The van der Waals surface area contributed by atoms with Crippen LogP contribution in [0.1, 0.15) is 58.6 Å². The van der Waals surface area contributed by atoms with Gasteiger partial charge in [-0.2, -0.15) is 10.2 Å². The van der Waals surface area contributed by atoms with E-state index in [4.69, 9.17) is 21.3 Å². The molecule has 0 fully saturated rings. The number of anilines is 2. The molecule has 11 nitrogen and oxygen atoms in total. The van der Waals surface area contributed by atoms with Crippen molar-refractivity contribution >= 4 is 88.5 Å². The maximum atomic E-state index is 11.5. The molecule has 7 N–H and O–H groups in total. The first-order chi connectivity index (χ1) is 33.7. The number of hydrogen-bond donors (Lipinski definition) is 5. The van der Waals surface area contributed by atoms with Gasteiger partial charge in [-0.05, 0) is 111 Å². The topological polar surface area (TPSA) is 166 Å². The molecule has 8 rings (SSSR count). The molecule has 6 aromatic carbocycles. The van der Waals surface area contributed by atoms with Gasteiger partial charge in [0.2, 0.25) is 11.8 Å². The highest BCUT2D eigenvalue weighted by Crippen LogP contribution is 2.30. The third-order valence-corrected chi connectivity index (χ3v) is 12.7. The van der Waals surface area contributed by atoms with Gasteiger partial charge in [-0.3, -0.25) is 14.7 Å². The Morgan fingerprint density at radius 1 is 0.629 bits per heavy atom. The second-order valence-electron chi connectivity index (χ2n) is 17.9. The predicted octanol–water partition coefficient (Wildman–Crippen LogP) is 12.2. The molecule has 0 saturated carbocycles. The Morgan fingerprint density at radius 3 is 1.64 bits per heavy atom. The highest BCUT2D eigenvalue weighted by atomic mass is 28.3. The standard InChI is InChI=1S/C31H35N3O2Si.C25H21N3O.C2H8N2/c1-23(26-12-9-13-28(20-26)32-24(2)35)27-15-16-29-30(17-14-25-10-7-6-8-11-25)33-34(31(29)21-27)22-36-18-19-37(3,4)5;1-17(20-9-6-10-22(15-20)26-18(2)29)21-12-13-23-24(27-28-25(23)16-21)14-11-19-7-4-3-5-8-19;3-1-2-4/h6-17,20-21H,1,18-19,22H2,2-5H3,(H,32,35);3-16H,1H2,2H3,(H,26,29)(H,27,28);1-4H2/b17-14+;14-11+;. The van der Waals surface area contributed by atoms with Crippen LogP contribution in [0.3, 0.4) is 0 Å². The number of nitrogens with zero attached hydrogens (tertiary/aromatic N) is 3. The molecule has 2 heterocycles. The molecule has 0 atom stereocenters. The van der Waals surface area contributed by atoms with E-state index in [1.165, 1.54) is 13.8 Å². The number of carbonyl (C=O) groups is 2. The van der Waals surface area contributed by atoms with Crippen molar-refractivity contribution < 1.29 is 14.3 Å². The first-order valence-corrected chi connectivity index (χ1v) is 27.0. The molecule has 2 aromatic heterocycles. The minimum absolute atomic E-state index is 0.0947. The van der Waals surface area contributed by atoms with Crippen LogP contribution in [0.2, 0.25) is 25.7 Å². The van der Waals surface area contributed by atoms with Crippen LogP contribution in [-0.4, -0.2) is 59.6 Å². The Morgan fingerprint density at radius 2 is 1.13 bits per heavy atom. The smallest absolute Gasteiger partial charge is 0.221 e. The van der Waals surface area contributed by atoms with Crippen LogP contribution in [0.5, 0.6) is 0 Å². The van der Waals surface area contributed by atoms with Crippen LogP contribution in [0, 0.1) is 0 Å². The average molecular weight is 949 g/mol. The van der Waals surface area contributed by atoms with E-state index in [9.17, 15) is 9.59 Å². The summed E-state index contributed by atoms with van der Waals surface area (Å²) in [5.74, 6) is -0.193. The van der Waals surface area contributed by atoms with Crippen LogP contribution in [0.25, 0.3) is 57.3 Å². The third kappa shape index (κ3) is 15.1. The summed E-state index contributed by atoms with van der Waals surface area (Å²) >= 11 is 0. The summed E-state index contributed by atoms with van der Waals surface area (Å²) in [5, 5.41) is 20.2. The lowest BCUT2D eigenvalue weighted by Gasteiger charge is -2.15. The molecule has 70 heavy (non-hydrogen) atoms. The van der Waals surface area contributed by atoms with Crippen molar-refractivity contribution in [3.05, 3.63) is 204 Å². The van der Waals surface area contributed by atoms with E-state index in [0.717, 1.165) is 102 Å². The van der Waals surface area contributed by atoms with Crippen molar-refractivity contribution in [2.45, 2.75) is 46.3 Å². The number of carbonyl (C=O) groups excluding carboxylic acids is 2. The average Bonchev–Trinajstić information content (AvgIpc) is 3.93. The van der Waals surface area contributed by atoms with Crippen LogP contribution < -0.4 is 22.1 Å². The SMILES string of the molecule is C=C(c1cccc(NC(C)=O)c1)c1ccc2c(/C=C/c3ccccc3)n[nH]c2c1.C=C(c1cccc(NC(C)=O)c1)c1ccc2c(/C=C/c3ccccc3)nn(COCC[Si](C)(C)C)c2c1.NCCN. The summed E-state index contributed by atoms with van der Waals surface area (Å²) in [6.45, 7) is 21.0. The van der Waals surface area contributed by atoms with E-state index >= 15 is 0 Å². The molecule has 0 saturated heterocycles. The number of aromatic amines is 1. The van der Waals surface area contributed by atoms with Crippen molar-refractivity contribution in [2.75, 3.05) is 30.3 Å². The summed E-state index contributed by atoms with van der Waals surface area (Å²) in [6.07, 6.45) is 8.20. The molecule has 2 amide bonds. The number of hydrogen-bond acceptors (Lipinski definition) is 7. The first kappa shape index (κ1) is 51.6. The number of H-pyrrole nitrogens is 1. The van der Waals surface area contributed by atoms with Crippen molar-refractivity contribution in [3.63, 3.8) is 0 Å². The van der Waals surface area contributed by atoms with Crippen molar-refractivity contribution in [3.8, 4) is 0 Å². The lowest BCUT2D eigenvalue weighted by atomic mass is 9.98. The number of ether oxygens (including phenoxy) is 1. The number of nitrogens with two attached hydrogens (primary N) is 2. The maximum Gasteiger partial charge on any atom is 0.221 e. The Kier molecular flexibility index (Phi) is 18.5. The largest absolute Gasteiger partial charge is 0.360 e. The molecule has 358 valence electrons. The second-order valence-corrected chi connectivity index (χ2v) is 23.5. The Balaban J connectivity index is 0.000000218. The molecular formula is C58H64N8O3Si. The van der Waals surface area contributed by atoms with Crippen molar-refractivity contribution in [1.82, 2.24) is 20.0 Å². The fraction of sp³-hybridized carbons (Fsp3) is 0.172. The maximum absolute atomic E-state index is 11.5. The van der Waals surface area contributed by atoms with Gasteiger partial charge in [-0.25, -0.2) is 4.68 Å².